The molecule has 0 radical (unpaired) electrons. The molecule has 0 saturated carbocycles. The Balaban J connectivity index is 1.47. The molecule has 0 spiro atoms. The van der Waals surface area contributed by atoms with Gasteiger partial charge in [0.2, 0.25) is 6.10 Å². The molecule has 5 nitrogen and oxygen atoms in total. The second-order valence-corrected chi connectivity index (χ2v) is 6.88. The van der Waals surface area contributed by atoms with Crippen molar-refractivity contribution in [3.8, 4) is 5.75 Å². The zero-order valence-corrected chi connectivity index (χ0v) is 16.2. The number of nitrogens with zero attached hydrogens (tertiary/aromatic N) is 1. The first-order chi connectivity index (χ1) is 12.7. The smallest absolute Gasteiger partial charge is 0.264 e. The predicted molar refractivity (Wildman–Crippen MR) is 104 cm³/mol. The van der Waals surface area contributed by atoms with Crippen molar-refractivity contribution < 1.29 is 14.4 Å². The minimum atomic E-state index is -0.571. The third-order valence-corrected chi connectivity index (χ3v) is 4.53. The van der Waals surface area contributed by atoms with Crippen molar-refractivity contribution >= 4 is 27.5 Å². The molecule has 1 unspecified atom stereocenters. The molecular weight excluding hydrogens is 396 g/mol. The van der Waals surface area contributed by atoms with Crippen molar-refractivity contribution in [2.45, 2.75) is 25.9 Å². The quantitative estimate of drug-likeness (QED) is 0.748. The Hall–Kier alpha value is -2.34. The van der Waals surface area contributed by atoms with Gasteiger partial charge in [-0.3, -0.25) is 4.79 Å². The third kappa shape index (κ3) is 4.85. The van der Waals surface area contributed by atoms with E-state index in [1.54, 1.807) is 0 Å². The van der Waals surface area contributed by atoms with Crippen molar-refractivity contribution in [3.63, 3.8) is 0 Å². The predicted octanol–water partition coefficient (Wildman–Crippen LogP) is 3.70. The highest BCUT2D eigenvalue weighted by atomic mass is 79.9. The number of amides is 1. The lowest BCUT2D eigenvalue weighted by Gasteiger charge is -2.10. The van der Waals surface area contributed by atoms with E-state index in [-0.39, 0.29) is 5.91 Å². The van der Waals surface area contributed by atoms with Crippen molar-refractivity contribution in [3.05, 3.63) is 64.1 Å². The molecule has 1 N–H and O–H groups in total. The van der Waals surface area contributed by atoms with Gasteiger partial charge in [-0.25, -0.2) is 0 Å². The van der Waals surface area contributed by atoms with E-state index in [0.29, 0.717) is 19.6 Å². The summed E-state index contributed by atoms with van der Waals surface area (Å²) in [6.45, 7) is 3.14. The van der Waals surface area contributed by atoms with Crippen LogP contribution in [0.1, 0.15) is 24.5 Å². The fraction of sp³-hybridized carbons (Fsp3) is 0.300. The van der Waals surface area contributed by atoms with E-state index in [9.17, 15) is 4.79 Å². The lowest BCUT2D eigenvalue weighted by molar-refractivity contribution is -0.131. The first kappa shape index (κ1) is 18.5. The number of hydrogen-bond acceptors (Lipinski definition) is 4. The number of oxime groups is 1. The van der Waals surface area contributed by atoms with Gasteiger partial charge in [0.25, 0.3) is 5.91 Å². The summed E-state index contributed by atoms with van der Waals surface area (Å²) < 4.78 is 6.46. The fourth-order valence-electron chi connectivity index (χ4n) is 2.76. The van der Waals surface area contributed by atoms with Crippen LogP contribution in [0.4, 0.5) is 0 Å². The summed E-state index contributed by atoms with van der Waals surface area (Å²) in [6.07, 6.45) is 0.639. The molecule has 1 amide bonds. The van der Waals surface area contributed by atoms with E-state index in [2.05, 4.69) is 26.4 Å². The summed E-state index contributed by atoms with van der Waals surface area (Å²) in [7, 11) is 0. The van der Waals surface area contributed by atoms with Crippen LogP contribution in [0.2, 0.25) is 0 Å². The topological polar surface area (TPSA) is 59.9 Å². The highest BCUT2D eigenvalue weighted by molar-refractivity contribution is 9.10. The van der Waals surface area contributed by atoms with Gasteiger partial charge in [0.1, 0.15) is 5.75 Å². The molecule has 2 aromatic rings. The molecule has 26 heavy (non-hydrogen) atoms. The number of hydrogen-bond donors (Lipinski definition) is 1. The molecule has 6 heteroatoms. The molecule has 0 fully saturated rings. The van der Waals surface area contributed by atoms with E-state index in [4.69, 9.17) is 9.57 Å². The number of ether oxygens (including phenoxy) is 1. The maximum absolute atomic E-state index is 12.3. The maximum atomic E-state index is 12.3. The van der Waals surface area contributed by atoms with Crippen LogP contribution in [0.5, 0.6) is 5.75 Å². The summed E-state index contributed by atoms with van der Waals surface area (Å²) >= 11 is 3.44. The first-order valence-corrected chi connectivity index (χ1v) is 9.43. The van der Waals surface area contributed by atoms with Crippen LogP contribution >= 0.6 is 15.9 Å². The Kier molecular flexibility index (Phi) is 6.28. The molecular formula is C20H21BrN2O3. The molecule has 0 aliphatic carbocycles. The van der Waals surface area contributed by atoms with E-state index < -0.39 is 6.10 Å². The zero-order chi connectivity index (χ0) is 18.4. The molecule has 2 aromatic carbocycles. The third-order valence-electron chi connectivity index (χ3n) is 4.04. The van der Waals surface area contributed by atoms with Gasteiger partial charge in [0.05, 0.1) is 12.3 Å². The molecule has 1 atom stereocenters. The highest BCUT2D eigenvalue weighted by Gasteiger charge is 2.28. The number of nitrogens with one attached hydrogen (secondary N) is 1. The monoisotopic (exact) mass is 416 g/mol. The van der Waals surface area contributed by atoms with Crippen LogP contribution in [0, 0.1) is 0 Å². The van der Waals surface area contributed by atoms with Crippen LogP contribution in [-0.2, 0) is 16.1 Å². The lowest BCUT2D eigenvalue weighted by atomic mass is 10.0. The van der Waals surface area contributed by atoms with Crippen LogP contribution < -0.4 is 10.1 Å². The molecule has 0 bridgehead atoms. The SMILES string of the molecule is CCOc1cccc(CCNC(=O)C2CC(c3cccc(Br)c3)=NO2)c1. The Morgan fingerprint density at radius 2 is 2.15 bits per heavy atom. The Morgan fingerprint density at radius 3 is 2.96 bits per heavy atom. The number of carbonyl (C=O) groups is 1. The van der Waals surface area contributed by atoms with Crippen LogP contribution in [0.15, 0.2) is 58.2 Å². The van der Waals surface area contributed by atoms with Crippen molar-refractivity contribution in [2.75, 3.05) is 13.2 Å². The summed E-state index contributed by atoms with van der Waals surface area (Å²) in [5.74, 6) is 0.710. The second kappa shape index (κ2) is 8.85. The average molecular weight is 417 g/mol. The zero-order valence-electron chi connectivity index (χ0n) is 14.6. The van der Waals surface area contributed by atoms with E-state index in [0.717, 1.165) is 33.5 Å². The van der Waals surface area contributed by atoms with Crippen molar-refractivity contribution in [1.29, 1.82) is 0 Å². The average Bonchev–Trinajstić information content (AvgIpc) is 3.13. The number of halogens is 1. The van der Waals surface area contributed by atoms with E-state index in [1.807, 2.05) is 55.5 Å². The lowest BCUT2D eigenvalue weighted by Crippen LogP contribution is -2.36. The van der Waals surface area contributed by atoms with Gasteiger partial charge < -0.3 is 14.9 Å². The van der Waals surface area contributed by atoms with Gasteiger partial charge in [-0.15, -0.1) is 0 Å². The summed E-state index contributed by atoms with van der Waals surface area (Å²) in [5.41, 5.74) is 2.87. The van der Waals surface area contributed by atoms with Gasteiger partial charge in [-0.1, -0.05) is 45.4 Å². The van der Waals surface area contributed by atoms with Crippen LogP contribution in [0.3, 0.4) is 0 Å². The van der Waals surface area contributed by atoms with Gasteiger partial charge in [-0.2, -0.15) is 0 Å². The molecule has 0 aromatic heterocycles. The summed E-state index contributed by atoms with van der Waals surface area (Å²) in [5, 5.41) is 6.99. The van der Waals surface area contributed by atoms with E-state index >= 15 is 0 Å². The Bertz CT molecular complexity index is 807. The Labute approximate surface area is 161 Å². The van der Waals surface area contributed by atoms with Crippen LogP contribution in [0.25, 0.3) is 0 Å². The largest absolute Gasteiger partial charge is 0.494 e. The fourth-order valence-corrected chi connectivity index (χ4v) is 3.16. The van der Waals surface area contributed by atoms with Gasteiger partial charge >= 0.3 is 0 Å². The minimum Gasteiger partial charge on any atom is -0.494 e. The van der Waals surface area contributed by atoms with Gasteiger partial charge in [0, 0.05) is 23.0 Å². The Morgan fingerprint density at radius 1 is 1.31 bits per heavy atom. The summed E-state index contributed by atoms with van der Waals surface area (Å²) in [6, 6.07) is 15.7. The first-order valence-electron chi connectivity index (χ1n) is 8.64. The molecule has 3 rings (SSSR count). The van der Waals surface area contributed by atoms with Crippen LogP contribution in [-0.4, -0.2) is 30.9 Å². The highest BCUT2D eigenvalue weighted by Crippen LogP contribution is 2.20. The summed E-state index contributed by atoms with van der Waals surface area (Å²) in [4.78, 5) is 17.6. The molecule has 0 saturated heterocycles. The molecule has 1 aliphatic heterocycles. The van der Waals surface area contributed by atoms with Crippen molar-refractivity contribution in [1.82, 2.24) is 5.32 Å². The van der Waals surface area contributed by atoms with Gasteiger partial charge in [-0.05, 0) is 43.2 Å². The molecule has 1 heterocycles. The van der Waals surface area contributed by atoms with Crippen molar-refractivity contribution in [2.24, 2.45) is 5.16 Å². The van der Waals surface area contributed by atoms with Gasteiger partial charge in [0.15, 0.2) is 0 Å². The second-order valence-electron chi connectivity index (χ2n) is 5.97. The number of benzene rings is 2. The number of carbonyl (C=O) groups excluding carboxylic acids is 1. The number of rotatable bonds is 7. The maximum Gasteiger partial charge on any atom is 0.264 e. The standard InChI is InChI=1S/C20H21BrN2O3/c1-2-25-17-8-3-5-14(11-17)9-10-22-20(24)19-13-18(23-26-19)15-6-4-7-16(21)12-15/h3-8,11-12,19H,2,9-10,13H2,1H3,(H,22,24). The van der Waals surface area contributed by atoms with E-state index in [1.165, 1.54) is 0 Å². The molecule has 1 aliphatic rings. The normalized spacial score (nSPS) is 15.9. The minimum absolute atomic E-state index is 0.139. The molecule has 136 valence electrons.